The summed E-state index contributed by atoms with van der Waals surface area (Å²) in [6.07, 6.45) is -9.91. The molecule has 0 aromatic heterocycles. The van der Waals surface area contributed by atoms with Gasteiger partial charge in [0.15, 0.2) is 11.5 Å². The van der Waals surface area contributed by atoms with Crippen molar-refractivity contribution in [3.63, 3.8) is 0 Å². The highest BCUT2D eigenvalue weighted by molar-refractivity contribution is 5.93. The van der Waals surface area contributed by atoms with Crippen LogP contribution in [0.5, 0.6) is 11.5 Å². The van der Waals surface area contributed by atoms with Crippen LogP contribution in [-0.4, -0.2) is 24.8 Å². The minimum Gasteiger partial charge on any atom is -0.463 e. The molecule has 0 bridgehead atoms. The van der Waals surface area contributed by atoms with E-state index < -0.39 is 35.6 Å². The van der Waals surface area contributed by atoms with Gasteiger partial charge in [0.25, 0.3) is 0 Å². The van der Waals surface area contributed by atoms with Gasteiger partial charge in [-0.05, 0) is 19.9 Å². The van der Waals surface area contributed by atoms with Crippen LogP contribution in [0.3, 0.4) is 0 Å². The van der Waals surface area contributed by atoms with Crippen LogP contribution < -0.4 is 15.2 Å². The summed E-state index contributed by atoms with van der Waals surface area (Å²) in [5.74, 6) is -4.14. The highest BCUT2D eigenvalue weighted by Crippen LogP contribution is 2.52. The normalized spacial score (nSPS) is 21.9. The van der Waals surface area contributed by atoms with E-state index in [1.54, 1.807) is 6.07 Å². The molecule has 0 amide bonds. The molecule has 0 fully saturated rings. The van der Waals surface area contributed by atoms with Gasteiger partial charge >= 0.3 is 18.2 Å². The molecule has 0 aliphatic carbocycles. The molecule has 1 aromatic carbocycles. The van der Waals surface area contributed by atoms with Gasteiger partial charge in [-0.1, -0.05) is 12.1 Å². The first kappa shape index (κ1) is 20.3. The molecule has 154 valence electrons. The number of carbonyl (C=O) groups excluding carboxylic acids is 1. The first-order valence-electron chi connectivity index (χ1n) is 8.26. The van der Waals surface area contributed by atoms with E-state index in [-0.39, 0.29) is 35.0 Å². The molecule has 0 spiro atoms. The number of alkyl halides is 4. The fourth-order valence-corrected chi connectivity index (χ4v) is 3.00. The molecule has 7 nitrogen and oxygen atoms in total. The summed E-state index contributed by atoms with van der Waals surface area (Å²) in [5.41, 5.74) is 4.98. The molecule has 2 N–H and O–H groups in total. The standard InChI is InChI=1S/C18H14F4N2O5/c1-3-26-16(25)12-8(2)27-15(24)10(7-23)13(12)9-5-4-6-11-14(9)29-18(21,22)17(19,20)28-11/h4-6,13H,3,24H2,1-2H3. The van der Waals surface area contributed by atoms with Crippen LogP contribution in [0.1, 0.15) is 25.3 Å². The Bertz CT molecular complexity index is 981. The van der Waals surface area contributed by atoms with E-state index in [1.165, 1.54) is 26.0 Å². The van der Waals surface area contributed by atoms with E-state index in [0.29, 0.717) is 0 Å². The lowest BCUT2D eigenvalue weighted by atomic mass is 9.82. The molecule has 2 heterocycles. The SMILES string of the molecule is CCOC(=O)C1=C(C)OC(N)=C(C#N)C1c1cccc2c1OC(F)(F)C(F)(F)O2. The Balaban J connectivity index is 2.24. The minimum absolute atomic E-state index is 0.0276. The molecule has 2 aliphatic heterocycles. The Kier molecular flexibility index (Phi) is 4.82. The van der Waals surface area contributed by atoms with Crippen LogP contribution in [0.2, 0.25) is 0 Å². The maximum Gasteiger partial charge on any atom is 0.507 e. The van der Waals surface area contributed by atoms with Crippen molar-refractivity contribution in [3.8, 4) is 17.6 Å². The Hall–Kier alpha value is -3.42. The number of nitrogens with zero attached hydrogens (tertiary/aromatic N) is 1. The van der Waals surface area contributed by atoms with Crippen molar-refractivity contribution in [1.29, 1.82) is 5.26 Å². The summed E-state index contributed by atoms with van der Waals surface area (Å²) in [6, 6.07) is 5.17. The average molecular weight is 414 g/mol. The molecule has 0 radical (unpaired) electrons. The lowest BCUT2D eigenvalue weighted by Gasteiger charge is -2.35. The van der Waals surface area contributed by atoms with Crippen molar-refractivity contribution in [2.75, 3.05) is 6.61 Å². The summed E-state index contributed by atoms with van der Waals surface area (Å²) in [4.78, 5) is 12.5. The van der Waals surface area contributed by atoms with Gasteiger partial charge in [-0.3, -0.25) is 0 Å². The maximum atomic E-state index is 13.8. The van der Waals surface area contributed by atoms with Gasteiger partial charge in [0.2, 0.25) is 5.88 Å². The van der Waals surface area contributed by atoms with Crippen molar-refractivity contribution in [1.82, 2.24) is 0 Å². The van der Waals surface area contributed by atoms with Gasteiger partial charge in [0, 0.05) is 5.56 Å². The number of nitrogens with two attached hydrogens (primary N) is 1. The number of esters is 1. The molecule has 11 heteroatoms. The first-order chi connectivity index (χ1) is 13.5. The summed E-state index contributed by atoms with van der Waals surface area (Å²) < 4.78 is 73.2. The van der Waals surface area contributed by atoms with Gasteiger partial charge in [0.05, 0.1) is 18.1 Å². The van der Waals surface area contributed by atoms with Gasteiger partial charge in [-0.15, -0.1) is 0 Å². The molecular weight excluding hydrogens is 400 g/mol. The lowest BCUT2D eigenvalue weighted by Crippen LogP contribution is -2.52. The summed E-state index contributed by atoms with van der Waals surface area (Å²) in [7, 11) is 0. The molecule has 0 saturated heterocycles. The largest absolute Gasteiger partial charge is 0.507 e. The van der Waals surface area contributed by atoms with Crippen LogP contribution in [0.25, 0.3) is 0 Å². The lowest BCUT2D eigenvalue weighted by molar-refractivity contribution is -0.391. The molecule has 29 heavy (non-hydrogen) atoms. The van der Waals surface area contributed by atoms with E-state index in [2.05, 4.69) is 9.47 Å². The number of nitriles is 1. The second kappa shape index (κ2) is 6.88. The Morgan fingerprint density at radius 1 is 1.28 bits per heavy atom. The number of rotatable bonds is 3. The Morgan fingerprint density at radius 2 is 1.93 bits per heavy atom. The number of hydrogen-bond acceptors (Lipinski definition) is 7. The van der Waals surface area contributed by atoms with E-state index in [1.807, 2.05) is 0 Å². The highest BCUT2D eigenvalue weighted by Gasteiger charge is 2.66. The number of ether oxygens (including phenoxy) is 4. The zero-order valence-electron chi connectivity index (χ0n) is 15.1. The average Bonchev–Trinajstić information content (AvgIpc) is 2.61. The molecule has 3 rings (SSSR count). The zero-order valence-corrected chi connectivity index (χ0v) is 15.1. The third-order valence-electron chi connectivity index (χ3n) is 4.23. The molecular formula is C18H14F4N2O5. The van der Waals surface area contributed by atoms with Gasteiger partial charge in [0.1, 0.15) is 17.4 Å². The Labute approximate surface area is 161 Å². The van der Waals surface area contributed by atoms with E-state index in [9.17, 15) is 27.6 Å². The van der Waals surface area contributed by atoms with Crippen molar-refractivity contribution >= 4 is 5.97 Å². The van der Waals surface area contributed by atoms with Gasteiger partial charge in [-0.2, -0.15) is 22.8 Å². The summed E-state index contributed by atoms with van der Waals surface area (Å²) >= 11 is 0. The summed E-state index contributed by atoms with van der Waals surface area (Å²) in [5, 5.41) is 9.52. The van der Waals surface area contributed by atoms with E-state index in [0.717, 1.165) is 6.07 Å². The topological polar surface area (TPSA) is 104 Å². The van der Waals surface area contributed by atoms with Crippen LogP contribution in [0.15, 0.2) is 41.0 Å². The number of carbonyl (C=O) groups is 1. The van der Waals surface area contributed by atoms with E-state index in [4.69, 9.17) is 15.2 Å². The second-order valence-corrected chi connectivity index (χ2v) is 6.03. The number of hydrogen-bond donors (Lipinski definition) is 1. The summed E-state index contributed by atoms with van der Waals surface area (Å²) in [6.45, 7) is 2.86. The van der Waals surface area contributed by atoms with Crippen molar-refractivity contribution in [2.45, 2.75) is 32.0 Å². The molecule has 0 saturated carbocycles. The van der Waals surface area contributed by atoms with Gasteiger partial charge < -0.3 is 24.7 Å². The third-order valence-corrected chi connectivity index (χ3v) is 4.23. The van der Waals surface area contributed by atoms with Crippen LogP contribution in [-0.2, 0) is 14.3 Å². The van der Waals surface area contributed by atoms with Crippen molar-refractivity contribution in [2.24, 2.45) is 5.73 Å². The van der Waals surface area contributed by atoms with Crippen LogP contribution in [0, 0.1) is 11.3 Å². The molecule has 1 atom stereocenters. The second-order valence-electron chi connectivity index (χ2n) is 6.03. The van der Waals surface area contributed by atoms with Gasteiger partial charge in [-0.25, -0.2) is 4.79 Å². The fraction of sp³-hybridized carbons (Fsp3) is 0.333. The fourth-order valence-electron chi connectivity index (χ4n) is 3.00. The number of benzene rings is 1. The molecule has 1 aromatic rings. The Morgan fingerprint density at radius 3 is 2.55 bits per heavy atom. The number of fused-ring (bicyclic) bond motifs is 1. The third kappa shape index (κ3) is 3.20. The predicted molar refractivity (Wildman–Crippen MR) is 87.6 cm³/mol. The van der Waals surface area contributed by atoms with E-state index >= 15 is 0 Å². The molecule has 1 unspecified atom stereocenters. The van der Waals surface area contributed by atoms with Crippen LogP contribution in [0.4, 0.5) is 17.6 Å². The first-order valence-corrected chi connectivity index (χ1v) is 8.26. The predicted octanol–water partition coefficient (Wildman–Crippen LogP) is 3.29. The highest BCUT2D eigenvalue weighted by atomic mass is 19.3. The quantitative estimate of drug-likeness (QED) is 0.598. The number of para-hydroxylation sites is 1. The number of allylic oxidation sites excluding steroid dienone is 2. The monoisotopic (exact) mass is 414 g/mol. The minimum atomic E-state index is -4.99. The smallest absolute Gasteiger partial charge is 0.463 e. The zero-order chi connectivity index (χ0) is 21.6. The number of halogens is 4. The van der Waals surface area contributed by atoms with Crippen molar-refractivity contribution < 1.29 is 41.3 Å². The van der Waals surface area contributed by atoms with Crippen molar-refractivity contribution in [3.05, 3.63) is 46.6 Å². The molecule has 2 aliphatic rings. The maximum absolute atomic E-state index is 13.8. The van der Waals surface area contributed by atoms with Crippen LogP contribution >= 0.6 is 0 Å².